The van der Waals surface area contributed by atoms with Gasteiger partial charge in [0.05, 0.1) is 12.0 Å². The van der Waals surface area contributed by atoms with Crippen molar-refractivity contribution in [2.75, 3.05) is 23.8 Å². The van der Waals surface area contributed by atoms with E-state index >= 15 is 0 Å². The maximum Gasteiger partial charge on any atom is 0.262 e. The van der Waals surface area contributed by atoms with E-state index in [0.717, 1.165) is 19.3 Å². The Morgan fingerprint density at radius 1 is 0.848 bits per heavy atom. The molecule has 0 heterocycles. The maximum atomic E-state index is 12.6. The molecule has 0 unspecified atom stereocenters. The van der Waals surface area contributed by atoms with E-state index in [0.29, 0.717) is 22.9 Å². The SMILES string of the molecule is CCCCc1ccc(NC(=O)COc2ccc(S(=O)(=O)Nc3ccc(OC)cc3)cc2)cc1. The third-order valence-corrected chi connectivity index (χ3v) is 6.30. The number of carbonyl (C=O) groups is 1. The fourth-order valence-electron chi connectivity index (χ4n) is 3.07. The summed E-state index contributed by atoms with van der Waals surface area (Å²) in [6.45, 7) is 1.97. The summed E-state index contributed by atoms with van der Waals surface area (Å²) < 4.78 is 38.2. The van der Waals surface area contributed by atoms with Crippen LogP contribution in [0.1, 0.15) is 25.3 Å². The quantitative estimate of drug-likeness (QED) is 0.419. The number of sulfonamides is 1. The molecular formula is C25H28N2O5S. The van der Waals surface area contributed by atoms with Gasteiger partial charge in [-0.15, -0.1) is 0 Å². The van der Waals surface area contributed by atoms with Gasteiger partial charge in [0.1, 0.15) is 11.5 Å². The minimum atomic E-state index is -3.76. The van der Waals surface area contributed by atoms with E-state index in [1.54, 1.807) is 24.3 Å². The van der Waals surface area contributed by atoms with Crippen molar-refractivity contribution in [2.45, 2.75) is 31.1 Å². The van der Waals surface area contributed by atoms with Crippen LogP contribution >= 0.6 is 0 Å². The highest BCUT2D eigenvalue weighted by molar-refractivity contribution is 7.92. The van der Waals surface area contributed by atoms with Gasteiger partial charge >= 0.3 is 0 Å². The number of hydrogen-bond acceptors (Lipinski definition) is 5. The molecule has 0 radical (unpaired) electrons. The largest absolute Gasteiger partial charge is 0.497 e. The lowest BCUT2D eigenvalue weighted by Crippen LogP contribution is -2.20. The standard InChI is InChI=1S/C25H28N2O5S/c1-3-4-5-19-6-8-20(9-7-19)26-25(28)18-32-23-14-16-24(17-15-23)33(29,30)27-21-10-12-22(31-2)13-11-21/h6-17,27H,3-5,18H2,1-2H3,(H,26,28). The van der Waals surface area contributed by atoms with Crippen molar-refractivity contribution in [3.05, 3.63) is 78.4 Å². The molecule has 0 saturated heterocycles. The molecule has 0 aliphatic heterocycles. The third-order valence-electron chi connectivity index (χ3n) is 4.90. The highest BCUT2D eigenvalue weighted by Crippen LogP contribution is 2.21. The summed E-state index contributed by atoms with van der Waals surface area (Å²) in [5.41, 5.74) is 2.36. The van der Waals surface area contributed by atoms with E-state index in [-0.39, 0.29) is 17.4 Å². The Bertz CT molecular complexity index is 1140. The molecule has 3 aromatic rings. The van der Waals surface area contributed by atoms with Crippen molar-refractivity contribution < 1.29 is 22.7 Å². The molecule has 0 aromatic heterocycles. The van der Waals surface area contributed by atoms with Crippen LogP contribution < -0.4 is 19.5 Å². The van der Waals surface area contributed by atoms with Crippen LogP contribution in [-0.4, -0.2) is 28.0 Å². The lowest BCUT2D eigenvalue weighted by molar-refractivity contribution is -0.118. The summed E-state index contributed by atoms with van der Waals surface area (Å²) in [6.07, 6.45) is 3.30. The maximum absolute atomic E-state index is 12.6. The molecule has 1 amide bonds. The second kappa shape index (κ2) is 11.4. The number of unbranched alkanes of at least 4 members (excludes halogenated alkanes) is 1. The zero-order chi connectivity index (χ0) is 23.7. The number of nitrogens with one attached hydrogen (secondary N) is 2. The molecule has 0 spiro atoms. The summed E-state index contributed by atoms with van der Waals surface area (Å²) >= 11 is 0. The lowest BCUT2D eigenvalue weighted by Gasteiger charge is -2.11. The Hall–Kier alpha value is -3.52. The Labute approximate surface area is 194 Å². The van der Waals surface area contributed by atoms with Crippen molar-refractivity contribution in [3.8, 4) is 11.5 Å². The molecule has 2 N–H and O–H groups in total. The number of anilines is 2. The fraction of sp³-hybridized carbons (Fsp3) is 0.240. The second-order valence-electron chi connectivity index (χ2n) is 7.44. The minimum absolute atomic E-state index is 0.0817. The number of ether oxygens (including phenoxy) is 2. The average molecular weight is 469 g/mol. The first-order valence-corrected chi connectivity index (χ1v) is 12.2. The molecule has 0 bridgehead atoms. The molecule has 3 aromatic carbocycles. The monoisotopic (exact) mass is 468 g/mol. The van der Waals surface area contributed by atoms with Gasteiger partial charge in [-0.05, 0) is 79.1 Å². The molecule has 0 aliphatic rings. The predicted octanol–water partition coefficient (Wildman–Crippen LogP) is 4.86. The second-order valence-corrected chi connectivity index (χ2v) is 9.13. The van der Waals surface area contributed by atoms with Gasteiger partial charge < -0.3 is 14.8 Å². The summed E-state index contributed by atoms with van der Waals surface area (Å²) in [4.78, 5) is 12.2. The van der Waals surface area contributed by atoms with Crippen LogP contribution in [0.5, 0.6) is 11.5 Å². The molecule has 33 heavy (non-hydrogen) atoms. The van der Waals surface area contributed by atoms with E-state index in [2.05, 4.69) is 17.0 Å². The van der Waals surface area contributed by atoms with E-state index < -0.39 is 10.0 Å². The first kappa shape index (κ1) is 24.1. The van der Waals surface area contributed by atoms with Crippen LogP contribution in [0.15, 0.2) is 77.7 Å². The van der Waals surface area contributed by atoms with Crippen LogP contribution in [0.3, 0.4) is 0 Å². The molecule has 3 rings (SSSR count). The molecule has 8 heteroatoms. The van der Waals surface area contributed by atoms with E-state index in [9.17, 15) is 13.2 Å². The molecule has 174 valence electrons. The van der Waals surface area contributed by atoms with Crippen LogP contribution in [0.25, 0.3) is 0 Å². The number of benzene rings is 3. The first-order chi connectivity index (χ1) is 15.9. The Morgan fingerprint density at radius 2 is 1.45 bits per heavy atom. The number of hydrogen-bond donors (Lipinski definition) is 2. The molecule has 7 nitrogen and oxygen atoms in total. The zero-order valence-corrected chi connectivity index (χ0v) is 19.5. The van der Waals surface area contributed by atoms with E-state index in [1.807, 2.05) is 24.3 Å². The third kappa shape index (κ3) is 7.25. The normalized spacial score (nSPS) is 11.0. The predicted molar refractivity (Wildman–Crippen MR) is 129 cm³/mol. The van der Waals surface area contributed by atoms with Gasteiger partial charge in [0.25, 0.3) is 15.9 Å². The molecule has 0 fully saturated rings. The van der Waals surface area contributed by atoms with Crippen LogP contribution in [0.4, 0.5) is 11.4 Å². The molecular weight excluding hydrogens is 440 g/mol. The number of amides is 1. The zero-order valence-electron chi connectivity index (χ0n) is 18.7. The fourth-order valence-corrected chi connectivity index (χ4v) is 4.13. The first-order valence-electron chi connectivity index (χ1n) is 10.7. The topological polar surface area (TPSA) is 93.7 Å². The van der Waals surface area contributed by atoms with Gasteiger partial charge in [-0.2, -0.15) is 0 Å². The Morgan fingerprint density at radius 3 is 2.06 bits per heavy atom. The van der Waals surface area contributed by atoms with Gasteiger partial charge in [0, 0.05) is 11.4 Å². The number of methoxy groups -OCH3 is 1. The van der Waals surface area contributed by atoms with Crippen molar-refractivity contribution in [2.24, 2.45) is 0 Å². The van der Waals surface area contributed by atoms with Crippen molar-refractivity contribution in [1.29, 1.82) is 0 Å². The van der Waals surface area contributed by atoms with Crippen molar-refractivity contribution in [3.63, 3.8) is 0 Å². The van der Waals surface area contributed by atoms with Crippen LogP contribution in [0.2, 0.25) is 0 Å². The van der Waals surface area contributed by atoms with E-state index in [1.165, 1.54) is 36.9 Å². The van der Waals surface area contributed by atoms with Gasteiger partial charge in [-0.25, -0.2) is 8.42 Å². The van der Waals surface area contributed by atoms with Crippen molar-refractivity contribution in [1.82, 2.24) is 0 Å². The number of rotatable bonds is 11. The van der Waals surface area contributed by atoms with E-state index in [4.69, 9.17) is 9.47 Å². The summed E-state index contributed by atoms with van der Waals surface area (Å²) in [7, 11) is -2.22. The van der Waals surface area contributed by atoms with Gasteiger partial charge in [0.15, 0.2) is 6.61 Å². The van der Waals surface area contributed by atoms with Crippen molar-refractivity contribution >= 4 is 27.3 Å². The van der Waals surface area contributed by atoms with Gasteiger partial charge in [-0.1, -0.05) is 25.5 Å². The smallest absolute Gasteiger partial charge is 0.262 e. The van der Waals surface area contributed by atoms with Crippen LogP contribution in [0, 0.1) is 0 Å². The summed E-state index contributed by atoms with van der Waals surface area (Å²) in [5.74, 6) is 0.727. The lowest BCUT2D eigenvalue weighted by atomic mass is 10.1. The minimum Gasteiger partial charge on any atom is -0.497 e. The summed E-state index contributed by atoms with van der Waals surface area (Å²) in [6, 6.07) is 20.2. The highest BCUT2D eigenvalue weighted by atomic mass is 32.2. The Kier molecular flexibility index (Phi) is 8.32. The molecule has 0 atom stereocenters. The molecule has 0 aliphatic carbocycles. The highest BCUT2D eigenvalue weighted by Gasteiger charge is 2.14. The molecule has 0 saturated carbocycles. The van der Waals surface area contributed by atoms with Crippen LogP contribution in [-0.2, 0) is 21.2 Å². The Balaban J connectivity index is 1.51. The number of carbonyl (C=O) groups excluding carboxylic acids is 1. The van der Waals surface area contributed by atoms with Gasteiger partial charge in [-0.3, -0.25) is 9.52 Å². The van der Waals surface area contributed by atoms with Gasteiger partial charge in [0.2, 0.25) is 0 Å². The summed E-state index contributed by atoms with van der Waals surface area (Å²) in [5, 5.41) is 2.79. The number of aryl methyl sites for hydroxylation is 1. The average Bonchev–Trinajstić information content (AvgIpc) is 2.83.